The number of piperidine rings is 1. The highest BCUT2D eigenvalue weighted by Gasteiger charge is 2.36. The number of fused-ring (bicyclic) bond motifs is 2. The van der Waals surface area contributed by atoms with E-state index in [0.29, 0.717) is 0 Å². The molecule has 2 saturated heterocycles. The lowest BCUT2D eigenvalue weighted by atomic mass is 9.79. The van der Waals surface area contributed by atoms with Crippen molar-refractivity contribution in [1.29, 1.82) is 0 Å². The molecule has 2 aliphatic heterocycles. The van der Waals surface area contributed by atoms with Crippen molar-refractivity contribution in [2.75, 3.05) is 19.6 Å². The van der Waals surface area contributed by atoms with E-state index >= 15 is 0 Å². The SMILES string of the molecule is CC1CCC(NC2CCN3CCC2C3)C(C)C1. The minimum Gasteiger partial charge on any atom is -0.311 e. The van der Waals surface area contributed by atoms with Gasteiger partial charge in [-0.25, -0.2) is 0 Å². The number of nitrogens with one attached hydrogen (secondary N) is 1. The van der Waals surface area contributed by atoms with E-state index in [-0.39, 0.29) is 0 Å². The van der Waals surface area contributed by atoms with Gasteiger partial charge in [0.1, 0.15) is 0 Å². The van der Waals surface area contributed by atoms with E-state index < -0.39 is 0 Å². The lowest BCUT2D eigenvalue weighted by Crippen LogP contribution is -2.51. The van der Waals surface area contributed by atoms with Crippen LogP contribution in [0.1, 0.15) is 46.0 Å². The zero-order valence-corrected chi connectivity index (χ0v) is 11.5. The average molecular weight is 236 g/mol. The molecular weight excluding hydrogens is 208 g/mol. The van der Waals surface area contributed by atoms with Gasteiger partial charge in [0, 0.05) is 18.6 Å². The minimum absolute atomic E-state index is 0.809. The molecule has 6 unspecified atom stereocenters. The molecule has 0 aromatic heterocycles. The van der Waals surface area contributed by atoms with Gasteiger partial charge in [0.25, 0.3) is 0 Å². The summed E-state index contributed by atoms with van der Waals surface area (Å²) in [6, 6.07) is 1.64. The first-order chi connectivity index (χ1) is 8.22. The second-order valence-corrected chi connectivity index (χ2v) is 6.91. The first-order valence-corrected chi connectivity index (χ1v) is 7.71. The number of hydrogen-bond donors (Lipinski definition) is 1. The average Bonchev–Trinajstić information content (AvgIpc) is 2.69. The van der Waals surface area contributed by atoms with E-state index in [9.17, 15) is 0 Å². The number of hydrogen-bond acceptors (Lipinski definition) is 2. The van der Waals surface area contributed by atoms with E-state index in [2.05, 4.69) is 24.1 Å². The molecule has 98 valence electrons. The Bertz CT molecular complexity index is 266. The Morgan fingerprint density at radius 2 is 1.76 bits per heavy atom. The fraction of sp³-hybridized carbons (Fsp3) is 1.00. The van der Waals surface area contributed by atoms with Crippen LogP contribution in [0.25, 0.3) is 0 Å². The highest BCUT2D eigenvalue weighted by atomic mass is 15.2. The quantitative estimate of drug-likeness (QED) is 0.792. The summed E-state index contributed by atoms with van der Waals surface area (Å²) in [5, 5.41) is 4.03. The topological polar surface area (TPSA) is 15.3 Å². The molecule has 3 aliphatic rings. The zero-order chi connectivity index (χ0) is 11.8. The lowest BCUT2D eigenvalue weighted by Gasteiger charge is -2.39. The minimum atomic E-state index is 0.809. The Labute approximate surface area is 106 Å². The molecule has 1 N–H and O–H groups in total. The van der Waals surface area contributed by atoms with Crippen LogP contribution in [0, 0.1) is 17.8 Å². The molecule has 0 amide bonds. The largest absolute Gasteiger partial charge is 0.311 e. The van der Waals surface area contributed by atoms with Crippen molar-refractivity contribution in [3.63, 3.8) is 0 Å². The van der Waals surface area contributed by atoms with Crippen LogP contribution in [-0.4, -0.2) is 36.6 Å². The van der Waals surface area contributed by atoms with Crippen LogP contribution in [0.4, 0.5) is 0 Å². The molecule has 0 spiro atoms. The summed E-state index contributed by atoms with van der Waals surface area (Å²) < 4.78 is 0. The Morgan fingerprint density at radius 3 is 2.59 bits per heavy atom. The third-order valence-electron chi connectivity index (χ3n) is 5.49. The highest BCUT2D eigenvalue weighted by molar-refractivity contribution is 4.93. The van der Waals surface area contributed by atoms with Gasteiger partial charge in [-0.05, 0) is 62.9 Å². The first kappa shape index (κ1) is 12.0. The van der Waals surface area contributed by atoms with Crippen molar-refractivity contribution in [3.8, 4) is 0 Å². The Morgan fingerprint density at radius 1 is 0.941 bits per heavy atom. The monoisotopic (exact) mass is 236 g/mol. The smallest absolute Gasteiger partial charge is 0.0123 e. The van der Waals surface area contributed by atoms with Gasteiger partial charge < -0.3 is 10.2 Å². The third-order valence-corrected chi connectivity index (χ3v) is 5.49. The Balaban J connectivity index is 1.55. The van der Waals surface area contributed by atoms with Crippen LogP contribution >= 0.6 is 0 Å². The van der Waals surface area contributed by atoms with Gasteiger partial charge in [-0.3, -0.25) is 0 Å². The molecule has 2 nitrogen and oxygen atoms in total. The summed E-state index contributed by atoms with van der Waals surface area (Å²) >= 11 is 0. The van der Waals surface area contributed by atoms with Crippen molar-refractivity contribution in [2.24, 2.45) is 17.8 Å². The third kappa shape index (κ3) is 2.53. The number of rotatable bonds is 2. The van der Waals surface area contributed by atoms with Crippen LogP contribution < -0.4 is 5.32 Å². The molecule has 2 bridgehead atoms. The van der Waals surface area contributed by atoms with Gasteiger partial charge >= 0.3 is 0 Å². The van der Waals surface area contributed by atoms with Gasteiger partial charge in [0.15, 0.2) is 0 Å². The van der Waals surface area contributed by atoms with Gasteiger partial charge in [-0.2, -0.15) is 0 Å². The zero-order valence-electron chi connectivity index (χ0n) is 11.5. The molecule has 0 radical (unpaired) electrons. The molecule has 0 aromatic rings. The molecule has 1 aliphatic carbocycles. The molecule has 2 heterocycles. The van der Waals surface area contributed by atoms with E-state index in [1.165, 1.54) is 51.7 Å². The van der Waals surface area contributed by atoms with Gasteiger partial charge in [0.2, 0.25) is 0 Å². The Kier molecular flexibility index (Phi) is 3.45. The van der Waals surface area contributed by atoms with Crippen LogP contribution in [0.2, 0.25) is 0 Å². The highest BCUT2D eigenvalue weighted by Crippen LogP contribution is 2.32. The van der Waals surface area contributed by atoms with Crippen molar-refractivity contribution >= 4 is 0 Å². The normalized spacial score (nSPS) is 50.5. The van der Waals surface area contributed by atoms with E-state index in [0.717, 1.165) is 29.8 Å². The Hall–Kier alpha value is -0.0800. The van der Waals surface area contributed by atoms with E-state index in [4.69, 9.17) is 0 Å². The van der Waals surface area contributed by atoms with Crippen LogP contribution in [0.5, 0.6) is 0 Å². The molecule has 3 rings (SSSR count). The summed E-state index contributed by atoms with van der Waals surface area (Å²) in [5.41, 5.74) is 0. The van der Waals surface area contributed by atoms with Crippen LogP contribution in [-0.2, 0) is 0 Å². The molecule has 17 heavy (non-hydrogen) atoms. The summed E-state index contributed by atoms with van der Waals surface area (Å²) in [7, 11) is 0. The maximum absolute atomic E-state index is 4.03. The lowest BCUT2D eigenvalue weighted by molar-refractivity contribution is 0.162. The summed E-state index contributed by atoms with van der Waals surface area (Å²) in [5.74, 6) is 2.80. The molecule has 3 fully saturated rings. The van der Waals surface area contributed by atoms with Gasteiger partial charge in [-0.15, -0.1) is 0 Å². The maximum Gasteiger partial charge on any atom is 0.0123 e. The fourth-order valence-corrected chi connectivity index (χ4v) is 4.36. The predicted molar refractivity (Wildman–Crippen MR) is 72.1 cm³/mol. The summed E-state index contributed by atoms with van der Waals surface area (Å²) in [6.07, 6.45) is 7.11. The van der Waals surface area contributed by atoms with Crippen LogP contribution in [0.3, 0.4) is 0 Å². The summed E-state index contributed by atoms with van der Waals surface area (Å²) in [6.45, 7) is 8.94. The molecule has 1 saturated carbocycles. The predicted octanol–water partition coefficient (Wildman–Crippen LogP) is 2.49. The summed E-state index contributed by atoms with van der Waals surface area (Å²) in [4.78, 5) is 2.65. The molecule has 0 aromatic carbocycles. The second kappa shape index (κ2) is 4.89. The maximum atomic E-state index is 4.03. The second-order valence-electron chi connectivity index (χ2n) is 6.91. The number of nitrogens with zero attached hydrogens (tertiary/aromatic N) is 1. The molecular formula is C15H28N2. The van der Waals surface area contributed by atoms with Crippen molar-refractivity contribution in [3.05, 3.63) is 0 Å². The molecule has 2 heteroatoms. The van der Waals surface area contributed by atoms with Gasteiger partial charge in [0.05, 0.1) is 0 Å². The van der Waals surface area contributed by atoms with Crippen molar-refractivity contribution in [2.45, 2.75) is 58.0 Å². The van der Waals surface area contributed by atoms with Crippen LogP contribution in [0.15, 0.2) is 0 Å². The van der Waals surface area contributed by atoms with Gasteiger partial charge in [-0.1, -0.05) is 13.8 Å². The molecule has 6 atom stereocenters. The fourth-order valence-electron chi connectivity index (χ4n) is 4.36. The van der Waals surface area contributed by atoms with Crippen molar-refractivity contribution < 1.29 is 0 Å². The van der Waals surface area contributed by atoms with E-state index in [1.54, 1.807) is 0 Å². The standard InChI is InChI=1S/C15H28N2/c1-11-3-4-14(12(2)9-11)16-15-6-8-17-7-5-13(15)10-17/h11-16H,3-10H2,1-2H3. The van der Waals surface area contributed by atoms with Crippen molar-refractivity contribution in [1.82, 2.24) is 10.2 Å². The van der Waals surface area contributed by atoms with E-state index in [1.807, 2.05) is 0 Å². The first-order valence-electron chi connectivity index (χ1n) is 7.71.